The summed E-state index contributed by atoms with van der Waals surface area (Å²) in [5, 5.41) is 6.65. The molecule has 4 aromatic rings. The summed E-state index contributed by atoms with van der Waals surface area (Å²) in [6.07, 6.45) is 2.27. The van der Waals surface area contributed by atoms with Crippen LogP contribution in [0.3, 0.4) is 0 Å². The highest BCUT2D eigenvalue weighted by Gasteiger charge is 2.28. The van der Waals surface area contributed by atoms with Gasteiger partial charge in [-0.1, -0.05) is 17.7 Å². The molecule has 0 aliphatic carbocycles. The minimum absolute atomic E-state index is 0.0886. The van der Waals surface area contributed by atoms with E-state index in [1.165, 1.54) is 31.4 Å². The molecule has 3 N–H and O–H groups in total. The smallest absolute Gasteiger partial charge is 0.255 e. The molecule has 0 bridgehead atoms. The highest BCUT2D eigenvalue weighted by atomic mass is 35.5. The molecule has 2 aromatic heterocycles. The third-order valence-electron chi connectivity index (χ3n) is 5.54. The zero-order valence-electron chi connectivity index (χ0n) is 18.7. The molecule has 8 nitrogen and oxygen atoms in total. The van der Waals surface area contributed by atoms with E-state index in [-0.39, 0.29) is 18.3 Å². The fourth-order valence-corrected chi connectivity index (χ4v) is 4.18. The normalized spacial score (nSPS) is 12.6. The number of para-hydroxylation sites is 1. The Kier molecular flexibility index (Phi) is 6.24. The minimum Gasteiger partial charge on any atom is -0.493 e. The second kappa shape index (κ2) is 9.63. The van der Waals surface area contributed by atoms with Crippen molar-refractivity contribution in [3.8, 4) is 22.9 Å². The number of anilines is 2. The first kappa shape index (κ1) is 22.7. The van der Waals surface area contributed by atoms with Crippen LogP contribution < -0.4 is 20.1 Å². The van der Waals surface area contributed by atoms with E-state index >= 15 is 0 Å². The van der Waals surface area contributed by atoms with Gasteiger partial charge in [0.1, 0.15) is 18.2 Å². The number of ether oxygens (including phenoxy) is 2. The van der Waals surface area contributed by atoms with Gasteiger partial charge in [0, 0.05) is 24.9 Å². The maximum Gasteiger partial charge on any atom is 0.255 e. The van der Waals surface area contributed by atoms with Gasteiger partial charge in [-0.15, -0.1) is 0 Å². The molecule has 0 atom stereocenters. The van der Waals surface area contributed by atoms with Gasteiger partial charge < -0.3 is 25.1 Å². The van der Waals surface area contributed by atoms with Gasteiger partial charge in [-0.25, -0.2) is 14.4 Å². The lowest BCUT2D eigenvalue weighted by molar-refractivity contribution is 0.0947. The van der Waals surface area contributed by atoms with Crippen LogP contribution in [-0.4, -0.2) is 34.5 Å². The van der Waals surface area contributed by atoms with E-state index in [9.17, 15) is 9.18 Å². The quantitative estimate of drug-likeness (QED) is 0.339. The summed E-state index contributed by atoms with van der Waals surface area (Å²) in [7, 11) is 1.53. The van der Waals surface area contributed by atoms with Gasteiger partial charge in [0.2, 0.25) is 0 Å². The van der Waals surface area contributed by atoms with Crippen molar-refractivity contribution < 1.29 is 18.7 Å². The number of fused-ring (bicyclic) bond motifs is 1. The summed E-state index contributed by atoms with van der Waals surface area (Å²) in [6, 6.07) is 12.8. The predicted octanol–water partition coefficient (Wildman–Crippen LogP) is 4.88. The number of halogens is 2. The monoisotopic (exact) mass is 493 g/mol. The summed E-state index contributed by atoms with van der Waals surface area (Å²) in [6.45, 7) is 0.623. The summed E-state index contributed by atoms with van der Waals surface area (Å²) in [4.78, 5) is 25.1. The predicted molar refractivity (Wildman–Crippen MR) is 130 cm³/mol. The molecule has 1 amide bonds. The first-order chi connectivity index (χ1) is 17.0. The molecule has 0 unspecified atom stereocenters. The van der Waals surface area contributed by atoms with Crippen molar-refractivity contribution in [2.45, 2.75) is 13.0 Å². The fraction of sp³-hybridized carbons (Fsp3) is 0.160. The number of benzene rings is 2. The third-order valence-corrected chi connectivity index (χ3v) is 5.84. The van der Waals surface area contributed by atoms with Gasteiger partial charge in [0.15, 0.2) is 11.6 Å². The van der Waals surface area contributed by atoms with Crippen molar-refractivity contribution >= 4 is 28.9 Å². The number of methoxy groups -OCH3 is 1. The lowest BCUT2D eigenvalue weighted by Gasteiger charge is -2.17. The highest BCUT2D eigenvalue weighted by molar-refractivity contribution is 6.32. The minimum atomic E-state index is -0.341. The van der Waals surface area contributed by atoms with Gasteiger partial charge in [0.25, 0.3) is 5.91 Å². The number of hydrogen-bond donors (Lipinski definition) is 3. The molecule has 0 fully saturated rings. The Labute approximate surface area is 205 Å². The van der Waals surface area contributed by atoms with Gasteiger partial charge >= 0.3 is 0 Å². The number of aromatic nitrogens is 3. The molecule has 0 saturated carbocycles. The van der Waals surface area contributed by atoms with Crippen LogP contribution in [-0.2, 0) is 13.0 Å². The lowest BCUT2D eigenvalue weighted by Crippen LogP contribution is -2.31. The first-order valence-corrected chi connectivity index (χ1v) is 11.2. The first-order valence-electron chi connectivity index (χ1n) is 10.9. The van der Waals surface area contributed by atoms with Crippen molar-refractivity contribution in [3.63, 3.8) is 0 Å². The lowest BCUT2D eigenvalue weighted by atomic mass is 10.1. The van der Waals surface area contributed by atoms with Gasteiger partial charge in [-0.05, 0) is 42.5 Å². The fourth-order valence-electron chi connectivity index (χ4n) is 3.93. The standard InChI is InChI=1S/C25H21ClFN5O3/c1-34-24-16(26)3-2-4-19(24)32-23-21-17(9-12-29-25(21)33)31-22(23)18-10-11-28-20(30-18)13-35-15-7-5-14(27)6-8-15/h2-8,10-11,31-32H,9,12-13H2,1H3,(H,29,33). The van der Waals surface area contributed by atoms with Crippen molar-refractivity contribution in [1.29, 1.82) is 0 Å². The average Bonchev–Trinajstić information content (AvgIpc) is 3.24. The molecule has 1 aliphatic heterocycles. The van der Waals surface area contributed by atoms with E-state index in [1.54, 1.807) is 24.4 Å². The summed E-state index contributed by atoms with van der Waals surface area (Å²) >= 11 is 6.31. The molecule has 0 radical (unpaired) electrons. The zero-order chi connectivity index (χ0) is 24.4. The zero-order valence-corrected chi connectivity index (χ0v) is 19.4. The van der Waals surface area contributed by atoms with Gasteiger partial charge in [0.05, 0.1) is 40.5 Å². The Hall–Kier alpha value is -4.11. The number of H-pyrrole nitrogens is 1. The van der Waals surface area contributed by atoms with E-state index in [2.05, 4.69) is 25.6 Å². The second-order valence-electron chi connectivity index (χ2n) is 7.78. The molecule has 10 heteroatoms. The van der Waals surface area contributed by atoms with Crippen LogP contribution in [0.1, 0.15) is 21.9 Å². The van der Waals surface area contributed by atoms with E-state index in [1.807, 2.05) is 6.07 Å². The maximum atomic E-state index is 13.1. The van der Waals surface area contributed by atoms with Crippen LogP contribution in [0.2, 0.25) is 5.02 Å². The number of hydrogen-bond acceptors (Lipinski definition) is 6. The Balaban J connectivity index is 1.51. The molecule has 1 aliphatic rings. The van der Waals surface area contributed by atoms with Gasteiger partial charge in [-0.3, -0.25) is 4.79 Å². The number of rotatable bonds is 7. The number of carbonyl (C=O) groups excluding carboxylic acids is 1. The van der Waals surface area contributed by atoms with Crippen LogP contribution in [0, 0.1) is 5.82 Å². The molecule has 3 heterocycles. The summed E-state index contributed by atoms with van der Waals surface area (Å²) in [5.74, 6) is 0.859. The molecule has 178 valence electrons. The highest BCUT2D eigenvalue weighted by Crippen LogP contribution is 2.40. The Morgan fingerprint density at radius 1 is 1.17 bits per heavy atom. The molecule has 35 heavy (non-hydrogen) atoms. The van der Waals surface area contributed by atoms with Crippen LogP contribution in [0.4, 0.5) is 15.8 Å². The SMILES string of the molecule is COc1c(Cl)cccc1Nc1c(-c2ccnc(COc3ccc(F)cc3)n2)[nH]c2c1C(=O)NCC2. The van der Waals surface area contributed by atoms with Crippen LogP contribution in [0.5, 0.6) is 11.5 Å². The third kappa shape index (κ3) is 4.63. The molecule has 5 rings (SSSR count). The molecular weight excluding hydrogens is 473 g/mol. The molecule has 2 aromatic carbocycles. The number of nitrogens with one attached hydrogen (secondary N) is 3. The van der Waals surface area contributed by atoms with Crippen molar-refractivity contribution in [2.75, 3.05) is 19.0 Å². The van der Waals surface area contributed by atoms with Crippen molar-refractivity contribution in [3.05, 3.63) is 82.6 Å². The number of amides is 1. The van der Waals surface area contributed by atoms with Crippen molar-refractivity contribution in [2.24, 2.45) is 0 Å². The molecular formula is C25H21ClFN5O3. The Morgan fingerprint density at radius 3 is 2.80 bits per heavy atom. The Morgan fingerprint density at radius 2 is 2.00 bits per heavy atom. The van der Waals surface area contributed by atoms with Crippen LogP contribution in [0.25, 0.3) is 11.4 Å². The van der Waals surface area contributed by atoms with E-state index < -0.39 is 0 Å². The van der Waals surface area contributed by atoms with Crippen LogP contribution in [0.15, 0.2) is 54.7 Å². The number of nitrogens with zero attached hydrogens (tertiary/aromatic N) is 2. The van der Waals surface area contributed by atoms with Crippen molar-refractivity contribution in [1.82, 2.24) is 20.3 Å². The number of aromatic amines is 1. The molecule has 0 spiro atoms. The van der Waals surface area contributed by atoms with E-state index in [0.29, 0.717) is 63.6 Å². The van der Waals surface area contributed by atoms with Gasteiger partial charge in [-0.2, -0.15) is 0 Å². The number of carbonyl (C=O) groups is 1. The topological polar surface area (TPSA) is 101 Å². The molecule has 0 saturated heterocycles. The second-order valence-corrected chi connectivity index (χ2v) is 8.19. The van der Waals surface area contributed by atoms with E-state index in [4.69, 9.17) is 21.1 Å². The summed E-state index contributed by atoms with van der Waals surface area (Å²) in [5.41, 5.74) is 3.67. The average molecular weight is 494 g/mol. The largest absolute Gasteiger partial charge is 0.493 e. The Bertz CT molecular complexity index is 1390. The van der Waals surface area contributed by atoms with E-state index in [0.717, 1.165) is 5.69 Å². The maximum absolute atomic E-state index is 13.1. The van der Waals surface area contributed by atoms with Crippen LogP contribution >= 0.6 is 11.6 Å². The summed E-state index contributed by atoms with van der Waals surface area (Å²) < 4.78 is 24.3.